The number of halogens is 1. The Bertz CT molecular complexity index is 1450. The average Bonchev–Trinajstić information content (AvgIpc) is 2.98. The fraction of sp³-hybridized carbons (Fsp3) is 0.0571. The Morgan fingerprint density at radius 3 is 1.58 bits per heavy atom. The topological polar surface area (TPSA) is 20.3 Å². The normalized spacial score (nSPS) is 11.2. The van der Waals surface area contributed by atoms with Crippen LogP contribution in [0.2, 0.25) is 0 Å². The number of amides is 1. The highest BCUT2D eigenvalue weighted by Crippen LogP contribution is 2.27. The van der Waals surface area contributed by atoms with Crippen LogP contribution in [0.5, 0.6) is 0 Å². The van der Waals surface area contributed by atoms with E-state index in [4.69, 9.17) is 0 Å². The van der Waals surface area contributed by atoms with E-state index in [0.29, 0.717) is 18.7 Å². The molecule has 0 heterocycles. The van der Waals surface area contributed by atoms with Gasteiger partial charge in [-0.2, -0.15) is 0 Å². The van der Waals surface area contributed by atoms with Crippen molar-refractivity contribution in [3.63, 3.8) is 0 Å². The summed E-state index contributed by atoms with van der Waals surface area (Å²) < 4.78 is 13.6. The molecule has 0 N–H and O–H groups in total. The maximum absolute atomic E-state index is 14.3. The molecule has 0 saturated heterocycles. The molecule has 3 heteroatoms. The van der Waals surface area contributed by atoms with E-state index in [-0.39, 0.29) is 11.7 Å². The van der Waals surface area contributed by atoms with Crippen molar-refractivity contribution in [1.29, 1.82) is 0 Å². The smallest absolute Gasteiger partial charge is 0.255 e. The molecule has 38 heavy (non-hydrogen) atoms. The maximum atomic E-state index is 14.3. The van der Waals surface area contributed by atoms with Crippen molar-refractivity contribution in [1.82, 2.24) is 4.90 Å². The molecular weight excluding hydrogens is 469 g/mol. The summed E-state index contributed by atoms with van der Waals surface area (Å²) in [4.78, 5) is 16.1. The molecule has 0 aliphatic carbocycles. The average molecular weight is 498 g/mol. The van der Waals surface area contributed by atoms with Crippen LogP contribution in [0.1, 0.15) is 22.3 Å². The van der Waals surface area contributed by atoms with E-state index < -0.39 is 0 Å². The van der Waals surface area contributed by atoms with Crippen LogP contribution in [0.25, 0.3) is 22.8 Å². The third kappa shape index (κ3) is 6.32. The van der Waals surface area contributed by atoms with E-state index >= 15 is 0 Å². The van der Waals surface area contributed by atoms with Crippen LogP contribution in [0.4, 0.5) is 4.39 Å². The Labute approximate surface area is 223 Å². The van der Waals surface area contributed by atoms with Gasteiger partial charge in [0.1, 0.15) is 5.82 Å². The van der Waals surface area contributed by atoms with Crippen molar-refractivity contribution in [3.8, 4) is 11.1 Å². The minimum absolute atomic E-state index is 0.0884. The zero-order valence-corrected chi connectivity index (χ0v) is 21.0. The summed E-state index contributed by atoms with van der Waals surface area (Å²) in [6.07, 6.45) is 1.85. The van der Waals surface area contributed by atoms with Gasteiger partial charge in [0.15, 0.2) is 0 Å². The first kappa shape index (κ1) is 24.9. The summed E-state index contributed by atoms with van der Waals surface area (Å²) in [5.41, 5.74) is 6.43. The van der Waals surface area contributed by atoms with Crippen LogP contribution < -0.4 is 0 Å². The summed E-state index contributed by atoms with van der Waals surface area (Å²) in [5.74, 6) is -0.397. The Kier molecular flexibility index (Phi) is 7.86. The molecule has 5 rings (SSSR count). The standard InChI is InChI=1S/C35H28FNO/c36-33-22-16-27(17-23-33)24-34(32-20-18-31(19-21-32)30-14-8-3-9-15-30)35(38)37(25-28-10-4-1-5-11-28)26-29-12-6-2-7-13-29/h1-24H,25-26H2/b34-24+. The lowest BCUT2D eigenvalue weighted by molar-refractivity contribution is -0.126. The van der Waals surface area contributed by atoms with Crippen molar-refractivity contribution < 1.29 is 9.18 Å². The summed E-state index contributed by atoms with van der Waals surface area (Å²) in [5, 5.41) is 0. The fourth-order valence-corrected chi connectivity index (χ4v) is 4.44. The van der Waals surface area contributed by atoms with E-state index in [0.717, 1.165) is 33.4 Å². The quantitative estimate of drug-likeness (QED) is 0.156. The number of carbonyl (C=O) groups is 1. The summed E-state index contributed by atoms with van der Waals surface area (Å²) in [7, 11) is 0. The first-order valence-electron chi connectivity index (χ1n) is 12.7. The van der Waals surface area contributed by atoms with Crippen molar-refractivity contribution in [2.24, 2.45) is 0 Å². The van der Waals surface area contributed by atoms with Gasteiger partial charge in [-0.1, -0.05) is 127 Å². The monoisotopic (exact) mass is 497 g/mol. The highest BCUT2D eigenvalue weighted by Gasteiger charge is 2.21. The number of carbonyl (C=O) groups excluding carboxylic acids is 1. The maximum Gasteiger partial charge on any atom is 0.255 e. The Morgan fingerprint density at radius 2 is 1.05 bits per heavy atom. The SMILES string of the molecule is O=C(/C(=C/c1ccc(F)cc1)c1ccc(-c2ccccc2)cc1)N(Cc1ccccc1)Cc1ccccc1. The third-order valence-corrected chi connectivity index (χ3v) is 6.43. The molecule has 0 bridgehead atoms. The Balaban J connectivity index is 1.54. The zero-order valence-electron chi connectivity index (χ0n) is 21.0. The molecule has 0 unspecified atom stereocenters. The first-order valence-corrected chi connectivity index (χ1v) is 12.7. The minimum atomic E-state index is -0.308. The van der Waals surface area contributed by atoms with Crippen LogP contribution in [-0.2, 0) is 17.9 Å². The highest BCUT2D eigenvalue weighted by atomic mass is 19.1. The van der Waals surface area contributed by atoms with Gasteiger partial charge >= 0.3 is 0 Å². The lowest BCUT2D eigenvalue weighted by Crippen LogP contribution is -2.30. The highest BCUT2D eigenvalue weighted by molar-refractivity contribution is 6.24. The summed E-state index contributed by atoms with van der Waals surface area (Å²) >= 11 is 0. The zero-order chi connectivity index (χ0) is 26.2. The second-order valence-corrected chi connectivity index (χ2v) is 9.19. The number of rotatable bonds is 8. The van der Waals surface area contributed by atoms with Crippen LogP contribution in [0.15, 0.2) is 140 Å². The van der Waals surface area contributed by atoms with Gasteiger partial charge in [-0.15, -0.1) is 0 Å². The van der Waals surface area contributed by atoms with Crippen molar-refractivity contribution in [2.45, 2.75) is 13.1 Å². The van der Waals surface area contributed by atoms with Crippen LogP contribution in [-0.4, -0.2) is 10.8 Å². The molecule has 5 aromatic rings. The van der Waals surface area contributed by atoms with Gasteiger partial charge < -0.3 is 4.90 Å². The Morgan fingerprint density at radius 1 is 0.579 bits per heavy atom. The lowest BCUT2D eigenvalue weighted by atomic mass is 9.97. The number of hydrogen-bond acceptors (Lipinski definition) is 1. The molecule has 0 spiro atoms. The second kappa shape index (κ2) is 12.0. The molecule has 2 nitrogen and oxygen atoms in total. The van der Waals surface area contributed by atoms with Gasteiger partial charge in [-0.3, -0.25) is 4.79 Å². The van der Waals surface area contributed by atoms with E-state index in [1.54, 1.807) is 12.1 Å². The molecule has 0 fully saturated rings. The van der Waals surface area contributed by atoms with Crippen LogP contribution in [0, 0.1) is 5.82 Å². The third-order valence-electron chi connectivity index (χ3n) is 6.43. The molecule has 0 atom stereocenters. The van der Waals surface area contributed by atoms with Gasteiger partial charge in [-0.05, 0) is 51.6 Å². The van der Waals surface area contributed by atoms with Crippen molar-refractivity contribution in [3.05, 3.63) is 168 Å². The number of nitrogens with zero attached hydrogens (tertiary/aromatic N) is 1. The first-order chi connectivity index (χ1) is 18.7. The van der Waals surface area contributed by atoms with Gasteiger partial charge in [0.2, 0.25) is 0 Å². The van der Waals surface area contributed by atoms with Crippen LogP contribution in [0.3, 0.4) is 0 Å². The predicted molar refractivity (Wildman–Crippen MR) is 153 cm³/mol. The van der Waals surface area contributed by atoms with E-state index in [2.05, 4.69) is 12.1 Å². The number of benzene rings is 5. The molecule has 0 radical (unpaired) electrons. The van der Waals surface area contributed by atoms with Gasteiger partial charge in [0, 0.05) is 18.7 Å². The summed E-state index contributed by atoms with van der Waals surface area (Å²) in [6.45, 7) is 0.939. The molecular formula is C35H28FNO. The van der Waals surface area contributed by atoms with Crippen LogP contribution >= 0.6 is 0 Å². The van der Waals surface area contributed by atoms with Gasteiger partial charge in [0.05, 0.1) is 0 Å². The molecule has 0 aliphatic heterocycles. The van der Waals surface area contributed by atoms with Crippen molar-refractivity contribution >= 4 is 17.6 Å². The molecule has 1 amide bonds. The van der Waals surface area contributed by atoms with Crippen molar-refractivity contribution in [2.75, 3.05) is 0 Å². The molecule has 0 aliphatic rings. The minimum Gasteiger partial charge on any atom is -0.330 e. The fourth-order valence-electron chi connectivity index (χ4n) is 4.44. The van der Waals surface area contributed by atoms with E-state index in [9.17, 15) is 9.18 Å². The molecule has 186 valence electrons. The number of hydrogen-bond donors (Lipinski definition) is 0. The lowest BCUT2D eigenvalue weighted by Gasteiger charge is -2.25. The van der Waals surface area contributed by atoms with E-state index in [1.165, 1.54) is 12.1 Å². The Hall–Kier alpha value is -4.76. The molecule has 0 saturated carbocycles. The van der Waals surface area contributed by atoms with Gasteiger partial charge in [0.25, 0.3) is 5.91 Å². The molecule has 5 aromatic carbocycles. The molecule has 0 aromatic heterocycles. The predicted octanol–water partition coefficient (Wildman–Crippen LogP) is 8.26. The second-order valence-electron chi connectivity index (χ2n) is 9.19. The summed E-state index contributed by atoms with van der Waals surface area (Å²) in [6, 6.07) is 44.4. The largest absolute Gasteiger partial charge is 0.330 e. The van der Waals surface area contributed by atoms with E-state index in [1.807, 2.05) is 114 Å². The van der Waals surface area contributed by atoms with Gasteiger partial charge in [-0.25, -0.2) is 4.39 Å².